The molecule has 0 aliphatic carbocycles. The normalized spacial score (nSPS) is 15.0. The Morgan fingerprint density at radius 3 is 0.747 bits per heavy atom. The van der Waals surface area contributed by atoms with Gasteiger partial charge in [-0.2, -0.15) is 0 Å². The number of phosphoric ester groups is 2. The molecule has 0 fully saturated rings. The summed E-state index contributed by atoms with van der Waals surface area (Å²) in [6, 6.07) is 0. The van der Waals surface area contributed by atoms with Crippen LogP contribution in [0, 0.1) is 23.7 Å². The van der Waals surface area contributed by atoms with Crippen molar-refractivity contribution >= 4 is 39.5 Å². The molecule has 0 aromatic carbocycles. The minimum Gasteiger partial charge on any atom is -0.462 e. The van der Waals surface area contributed by atoms with Crippen LogP contribution < -0.4 is 0 Å². The second kappa shape index (κ2) is 65.4. The predicted molar refractivity (Wildman–Crippen MR) is 386 cm³/mol. The summed E-state index contributed by atoms with van der Waals surface area (Å²) < 4.78 is 68.5. The molecule has 3 N–H and O–H groups in total. The molecule has 0 aliphatic heterocycles. The third-order valence-corrected chi connectivity index (χ3v) is 20.6. The van der Waals surface area contributed by atoms with Crippen molar-refractivity contribution in [3.05, 3.63) is 0 Å². The van der Waals surface area contributed by atoms with E-state index in [0.717, 1.165) is 120 Å². The third-order valence-electron chi connectivity index (χ3n) is 18.7. The second-order valence-electron chi connectivity index (χ2n) is 28.6. The van der Waals surface area contributed by atoms with Gasteiger partial charge in [0.1, 0.15) is 19.3 Å². The number of aliphatic hydroxyl groups is 1. The third kappa shape index (κ3) is 66.4. The first-order chi connectivity index (χ1) is 45.7. The van der Waals surface area contributed by atoms with Gasteiger partial charge in [0, 0.05) is 25.7 Å². The van der Waals surface area contributed by atoms with Crippen LogP contribution in [0.15, 0.2) is 0 Å². The van der Waals surface area contributed by atoms with Gasteiger partial charge in [0.05, 0.1) is 26.4 Å². The SMILES string of the molecule is CCC(C)CCCCCCCCCCCCC(=O)O[C@H](COC(=O)CCCCCCCCCCC(C)CC)COP(=O)(O)OC[C@@H](O)COP(=O)(O)OC[C@@H](COC(=O)CCCCCCCCC(C)CC)OC(=O)CCCCCCCCCCCCCCCCCCC(C)C. The van der Waals surface area contributed by atoms with Gasteiger partial charge in [-0.05, 0) is 49.4 Å². The molecule has 0 amide bonds. The van der Waals surface area contributed by atoms with E-state index < -0.39 is 97.5 Å². The van der Waals surface area contributed by atoms with Crippen LogP contribution in [0.1, 0.15) is 383 Å². The molecular weight excluding hydrogens is 1250 g/mol. The topological polar surface area (TPSA) is 237 Å². The molecule has 19 heteroatoms. The number of phosphoric acid groups is 2. The van der Waals surface area contributed by atoms with Crippen molar-refractivity contribution in [1.82, 2.24) is 0 Å². The number of carbonyl (C=O) groups excluding carboxylic acids is 4. The molecule has 5 unspecified atom stereocenters. The summed E-state index contributed by atoms with van der Waals surface area (Å²) in [5, 5.41) is 10.6. The monoisotopic (exact) mass is 1400 g/mol. The summed E-state index contributed by atoms with van der Waals surface area (Å²) in [6.45, 7) is 14.2. The van der Waals surface area contributed by atoms with Crippen molar-refractivity contribution in [3.63, 3.8) is 0 Å². The molecule has 0 aliphatic rings. The first-order valence-electron chi connectivity index (χ1n) is 39.3. The zero-order valence-electron chi connectivity index (χ0n) is 62.3. The second-order valence-corrected chi connectivity index (χ2v) is 31.5. The highest BCUT2D eigenvalue weighted by atomic mass is 31.2. The van der Waals surface area contributed by atoms with Crippen LogP contribution >= 0.6 is 15.6 Å². The molecule has 8 atom stereocenters. The van der Waals surface area contributed by atoms with Gasteiger partial charge in [-0.1, -0.05) is 331 Å². The van der Waals surface area contributed by atoms with Crippen LogP contribution in [0.4, 0.5) is 0 Å². The van der Waals surface area contributed by atoms with Crippen LogP contribution in [0.5, 0.6) is 0 Å². The van der Waals surface area contributed by atoms with Crippen LogP contribution in [-0.4, -0.2) is 96.7 Å². The minimum absolute atomic E-state index is 0.105. The number of hydrogen-bond donors (Lipinski definition) is 3. The summed E-state index contributed by atoms with van der Waals surface area (Å²) in [5.74, 6) is 0.998. The van der Waals surface area contributed by atoms with Crippen molar-refractivity contribution < 1.29 is 80.2 Å². The standard InChI is InChI=1S/C76H148O17P2/c1-9-67(6)53-45-37-29-23-20-21-25-33-43-51-59-76(81)92-71(62-86-73(78)56-48-40-31-27-26-30-38-46-54-68(7)10-2)64-90-94(82,83)88-60-70(77)61-89-95(84,85)91-65-72(63-87-74(79)57-49-41-35-34-39-47-55-69(8)11-3)93-75(80)58-50-42-32-24-19-17-15-13-12-14-16-18-22-28-36-44-52-66(4)5/h66-72,77H,9-65H2,1-8H3,(H,82,83)(H,84,85)/t67?,68?,69?,70-,71-,72-/m1/s1. The lowest BCUT2D eigenvalue weighted by molar-refractivity contribution is -0.161. The Hall–Kier alpha value is -1.94. The lowest BCUT2D eigenvalue weighted by Crippen LogP contribution is -2.30. The molecule has 0 aromatic heterocycles. The maximum atomic E-state index is 13.1. The Kier molecular flexibility index (Phi) is 64.0. The van der Waals surface area contributed by atoms with E-state index in [1.807, 2.05) is 0 Å². The fourth-order valence-electron chi connectivity index (χ4n) is 11.5. The van der Waals surface area contributed by atoms with Gasteiger partial charge in [-0.3, -0.25) is 37.3 Å². The minimum atomic E-state index is -4.96. The van der Waals surface area contributed by atoms with E-state index in [1.165, 1.54) is 180 Å². The molecule has 0 heterocycles. The Labute approximate surface area is 581 Å². The fraction of sp³-hybridized carbons (Fsp3) is 0.947. The van der Waals surface area contributed by atoms with Gasteiger partial charge in [-0.15, -0.1) is 0 Å². The number of esters is 4. The molecule has 0 saturated heterocycles. The Morgan fingerprint density at radius 1 is 0.295 bits per heavy atom. The van der Waals surface area contributed by atoms with Crippen LogP contribution in [0.3, 0.4) is 0 Å². The molecule has 564 valence electrons. The molecule has 0 spiro atoms. The van der Waals surface area contributed by atoms with Crippen molar-refractivity contribution in [3.8, 4) is 0 Å². The zero-order chi connectivity index (χ0) is 70.3. The Bertz CT molecular complexity index is 1870. The van der Waals surface area contributed by atoms with Gasteiger partial charge in [0.15, 0.2) is 12.2 Å². The molecule has 0 radical (unpaired) electrons. The lowest BCUT2D eigenvalue weighted by atomic mass is 9.99. The van der Waals surface area contributed by atoms with Gasteiger partial charge < -0.3 is 33.8 Å². The highest BCUT2D eigenvalue weighted by Gasteiger charge is 2.30. The van der Waals surface area contributed by atoms with Gasteiger partial charge >= 0.3 is 39.5 Å². The molecular formula is C76H148O17P2. The van der Waals surface area contributed by atoms with Crippen LogP contribution in [0.2, 0.25) is 0 Å². The van der Waals surface area contributed by atoms with Crippen molar-refractivity contribution in [2.24, 2.45) is 23.7 Å². The number of rotatable bonds is 73. The Balaban J connectivity index is 5.24. The Morgan fingerprint density at radius 2 is 0.505 bits per heavy atom. The number of aliphatic hydroxyl groups excluding tert-OH is 1. The van der Waals surface area contributed by atoms with Gasteiger partial charge in [0.25, 0.3) is 0 Å². The van der Waals surface area contributed by atoms with E-state index in [9.17, 15) is 43.2 Å². The predicted octanol–water partition coefficient (Wildman–Crippen LogP) is 22.0. The zero-order valence-corrected chi connectivity index (χ0v) is 64.1. The number of carbonyl (C=O) groups is 4. The average molecular weight is 1400 g/mol. The van der Waals surface area contributed by atoms with Gasteiger partial charge in [0.2, 0.25) is 0 Å². The largest absolute Gasteiger partial charge is 0.472 e. The summed E-state index contributed by atoms with van der Waals surface area (Å²) in [5.41, 5.74) is 0. The number of unbranched alkanes of at least 4 members (excludes halogenated alkanes) is 36. The molecule has 17 nitrogen and oxygen atoms in total. The van der Waals surface area contributed by atoms with Gasteiger partial charge in [-0.25, -0.2) is 9.13 Å². The molecule has 95 heavy (non-hydrogen) atoms. The maximum Gasteiger partial charge on any atom is 0.472 e. The number of ether oxygens (including phenoxy) is 4. The highest BCUT2D eigenvalue weighted by molar-refractivity contribution is 7.47. The van der Waals surface area contributed by atoms with E-state index in [4.69, 9.17) is 37.0 Å². The number of hydrogen-bond acceptors (Lipinski definition) is 15. The maximum absolute atomic E-state index is 13.1. The van der Waals surface area contributed by atoms with Crippen LogP contribution in [0.25, 0.3) is 0 Å². The van der Waals surface area contributed by atoms with E-state index in [1.54, 1.807) is 0 Å². The van der Waals surface area contributed by atoms with Crippen LogP contribution in [-0.2, 0) is 65.4 Å². The molecule has 0 aromatic rings. The summed E-state index contributed by atoms with van der Waals surface area (Å²) in [6.07, 6.45) is 49.9. The van der Waals surface area contributed by atoms with Crippen molar-refractivity contribution in [1.29, 1.82) is 0 Å². The summed E-state index contributed by atoms with van der Waals surface area (Å²) in [4.78, 5) is 72.8. The molecule has 0 bridgehead atoms. The smallest absolute Gasteiger partial charge is 0.462 e. The summed E-state index contributed by atoms with van der Waals surface area (Å²) >= 11 is 0. The highest BCUT2D eigenvalue weighted by Crippen LogP contribution is 2.45. The van der Waals surface area contributed by atoms with E-state index in [-0.39, 0.29) is 25.7 Å². The first-order valence-corrected chi connectivity index (χ1v) is 42.3. The molecule has 0 rings (SSSR count). The van der Waals surface area contributed by atoms with Crippen molar-refractivity contribution in [2.45, 2.75) is 401 Å². The van der Waals surface area contributed by atoms with E-state index >= 15 is 0 Å². The molecule has 0 saturated carbocycles. The summed E-state index contributed by atoms with van der Waals surface area (Å²) in [7, 11) is -9.91. The quantitative estimate of drug-likeness (QED) is 0.0222. The van der Waals surface area contributed by atoms with E-state index in [0.29, 0.717) is 25.7 Å². The van der Waals surface area contributed by atoms with Crippen molar-refractivity contribution in [2.75, 3.05) is 39.6 Å². The fourth-order valence-corrected chi connectivity index (χ4v) is 13.0. The van der Waals surface area contributed by atoms with E-state index in [2.05, 4.69) is 55.4 Å². The first kappa shape index (κ1) is 93.1. The lowest BCUT2D eigenvalue weighted by Gasteiger charge is -2.21. The average Bonchev–Trinajstić information content (AvgIpc) is 1.33.